The van der Waals surface area contributed by atoms with Gasteiger partial charge in [0.2, 0.25) is 0 Å². The zero-order valence-electron chi connectivity index (χ0n) is 14.3. The fourth-order valence-electron chi connectivity index (χ4n) is 3.90. The van der Waals surface area contributed by atoms with Crippen LogP contribution < -0.4 is 15.8 Å². The Morgan fingerprint density at radius 1 is 1.21 bits per heavy atom. The lowest BCUT2D eigenvalue weighted by Crippen LogP contribution is -2.22. The van der Waals surface area contributed by atoms with E-state index in [2.05, 4.69) is 54.7 Å². The van der Waals surface area contributed by atoms with Crippen molar-refractivity contribution in [3.05, 3.63) is 64.7 Å². The van der Waals surface area contributed by atoms with Crippen LogP contribution >= 0.6 is 0 Å². The van der Waals surface area contributed by atoms with Crippen LogP contribution in [0.3, 0.4) is 0 Å². The second kappa shape index (κ2) is 5.99. The standard InChI is InChI=1S/C21H24N2O/c1-3-15-9-8-13-10-14(22)11-19(21(13)24-15)18-12-20(23-2)17-7-5-4-6-16(17)18/h4-7,10-12,15,20,23H,3,8-9,22H2,1-2H3. The summed E-state index contributed by atoms with van der Waals surface area (Å²) in [6, 6.07) is 12.9. The Morgan fingerprint density at radius 2 is 2.04 bits per heavy atom. The van der Waals surface area contributed by atoms with Crippen molar-refractivity contribution in [3.8, 4) is 5.75 Å². The van der Waals surface area contributed by atoms with Crippen molar-refractivity contribution >= 4 is 11.3 Å². The van der Waals surface area contributed by atoms with Crippen LogP contribution in [0.15, 0.2) is 42.5 Å². The number of hydrogen-bond acceptors (Lipinski definition) is 3. The summed E-state index contributed by atoms with van der Waals surface area (Å²) in [4.78, 5) is 0. The SMILES string of the molecule is CCC1CCc2cc(N)cc(C3=CC(NC)c4ccccc43)c2O1. The van der Waals surface area contributed by atoms with Crippen molar-refractivity contribution in [2.45, 2.75) is 38.3 Å². The van der Waals surface area contributed by atoms with Crippen LogP contribution in [0.1, 0.15) is 48.1 Å². The Morgan fingerprint density at radius 3 is 2.83 bits per heavy atom. The van der Waals surface area contributed by atoms with Crippen LogP contribution in [-0.4, -0.2) is 13.2 Å². The number of fused-ring (bicyclic) bond motifs is 2. The van der Waals surface area contributed by atoms with Gasteiger partial charge in [0.25, 0.3) is 0 Å². The van der Waals surface area contributed by atoms with Gasteiger partial charge in [0.1, 0.15) is 5.75 Å². The first-order valence-electron chi connectivity index (χ1n) is 8.79. The van der Waals surface area contributed by atoms with Gasteiger partial charge in [-0.2, -0.15) is 0 Å². The average Bonchev–Trinajstić information content (AvgIpc) is 2.99. The number of nitrogens with two attached hydrogens (primary N) is 1. The van der Waals surface area contributed by atoms with E-state index in [1.165, 1.54) is 22.3 Å². The van der Waals surface area contributed by atoms with Gasteiger partial charge in [0.15, 0.2) is 0 Å². The molecule has 0 fully saturated rings. The number of nitrogens with one attached hydrogen (secondary N) is 1. The smallest absolute Gasteiger partial charge is 0.130 e. The molecule has 2 atom stereocenters. The topological polar surface area (TPSA) is 47.3 Å². The summed E-state index contributed by atoms with van der Waals surface area (Å²) in [7, 11) is 2.00. The third-order valence-electron chi connectivity index (χ3n) is 5.18. The molecule has 2 aliphatic rings. The van der Waals surface area contributed by atoms with E-state index in [-0.39, 0.29) is 6.04 Å². The minimum Gasteiger partial charge on any atom is -0.489 e. The van der Waals surface area contributed by atoms with E-state index in [9.17, 15) is 0 Å². The van der Waals surface area contributed by atoms with Gasteiger partial charge in [-0.05, 0) is 60.7 Å². The number of ether oxygens (including phenoxy) is 1. The molecule has 3 heteroatoms. The van der Waals surface area contributed by atoms with Crippen LogP contribution in [-0.2, 0) is 6.42 Å². The predicted molar refractivity (Wildman–Crippen MR) is 99.2 cm³/mol. The van der Waals surface area contributed by atoms with Crippen molar-refractivity contribution in [1.29, 1.82) is 0 Å². The Hall–Kier alpha value is -2.26. The molecule has 1 heterocycles. The molecule has 24 heavy (non-hydrogen) atoms. The van der Waals surface area contributed by atoms with Crippen LogP contribution in [0.5, 0.6) is 5.75 Å². The maximum atomic E-state index is 6.35. The van der Waals surface area contributed by atoms with E-state index in [4.69, 9.17) is 10.5 Å². The van der Waals surface area contributed by atoms with Crippen LogP contribution in [0.25, 0.3) is 5.57 Å². The summed E-state index contributed by atoms with van der Waals surface area (Å²) in [5.41, 5.74) is 13.2. The third kappa shape index (κ3) is 2.40. The van der Waals surface area contributed by atoms with Gasteiger partial charge in [-0.1, -0.05) is 37.3 Å². The monoisotopic (exact) mass is 320 g/mol. The first kappa shape index (κ1) is 15.3. The fraction of sp³-hybridized carbons (Fsp3) is 0.333. The van der Waals surface area contributed by atoms with E-state index < -0.39 is 0 Å². The Balaban J connectivity index is 1.87. The second-order valence-electron chi connectivity index (χ2n) is 6.68. The minimum absolute atomic E-state index is 0.235. The molecule has 0 saturated carbocycles. The molecule has 3 N–H and O–H groups in total. The molecule has 0 aromatic heterocycles. The Bertz CT molecular complexity index is 809. The van der Waals surface area contributed by atoms with Gasteiger partial charge in [0.05, 0.1) is 12.1 Å². The molecule has 1 aliphatic carbocycles. The third-order valence-corrected chi connectivity index (χ3v) is 5.18. The van der Waals surface area contributed by atoms with Gasteiger partial charge < -0.3 is 15.8 Å². The predicted octanol–water partition coefficient (Wildman–Crippen LogP) is 4.08. The van der Waals surface area contributed by atoms with Crippen LogP contribution in [0, 0.1) is 0 Å². The summed E-state index contributed by atoms with van der Waals surface area (Å²) < 4.78 is 6.35. The Labute approximate surface area is 143 Å². The van der Waals surface area contributed by atoms with Gasteiger partial charge in [-0.3, -0.25) is 0 Å². The highest BCUT2D eigenvalue weighted by Crippen LogP contribution is 2.45. The normalized spacial score (nSPS) is 21.7. The maximum Gasteiger partial charge on any atom is 0.130 e. The van der Waals surface area contributed by atoms with Crippen LogP contribution in [0.4, 0.5) is 5.69 Å². The quantitative estimate of drug-likeness (QED) is 0.838. The molecule has 4 rings (SSSR count). The average molecular weight is 320 g/mol. The largest absolute Gasteiger partial charge is 0.489 e. The zero-order valence-corrected chi connectivity index (χ0v) is 14.3. The van der Waals surface area contributed by atoms with E-state index in [0.29, 0.717) is 6.10 Å². The second-order valence-corrected chi connectivity index (χ2v) is 6.68. The zero-order chi connectivity index (χ0) is 16.7. The lowest BCUT2D eigenvalue weighted by Gasteiger charge is -2.28. The molecule has 0 spiro atoms. The van der Waals surface area contributed by atoms with Crippen LogP contribution in [0.2, 0.25) is 0 Å². The molecule has 0 amide bonds. The van der Waals surface area contributed by atoms with E-state index in [1.54, 1.807) is 0 Å². The van der Waals surface area contributed by atoms with Gasteiger partial charge in [-0.25, -0.2) is 0 Å². The van der Waals surface area contributed by atoms with Gasteiger partial charge >= 0.3 is 0 Å². The molecule has 1 aliphatic heterocycles. The van der Waals surface area contributed by atoms with Crippen molar-refractivity contribution in [3.63, 3.8) is 0 Å². The molecule has 2 aromatic rings. The lowest BCUT2D eigenvalue weighted by molar-refractivity contribution is 0.169. The number of hydrogen-bond donors (Lipinski definition) is 2. The first-order chi connectivity index (χ1) is 11.7. The van der Waals surface area contributed by atoms with Crippen molar-refractivity contribution < 1.29 is 4.74 Å². The van der Waals surface area contributed by atoms with Gasteiger partial charge in [0, 0.05) is 11.3 Å². The summed E-state index contributed by atoms with van der Waals surface area (Å²) in [5, 5.41) is 3.39. The van der Waals surface area contributed by atoms with Crippen molar-refractivity contribution in [1.82, 2.24) is 5.32 Å². The highest BCUT2D eigenvalue weighted by Gasteiger charge is 2.28. The minimum atomic E-state index is 0.235. The van der Waals surface area contributed by atoms with E-state index in [1.807, 2.05) is 7.05 Å². The molecule has 0 bridgehead atoms. The molecule has 3 nitrogen and oxygen atoms in total. The van der Waals surface area contributed by atoms with E-state index in [0.717, 1.165) is 36.3 Å². The molecular formula is C21H24N2O. The lowest BCUT2D eigenvalue weighted by atomic mass is 9.92. The summed E-state index contributed by atoms with van der Waals surface area (Å²) in [6.07, 6.45) is 5.74. The van der Waals surface area contributed by atoms with Crippen molar-refractivity contribution in [2.24, 2.45) is 0 Å². The molecule has 2 aromatic carbocycles. The Kier molecular flexibility index (Phi) is 3.81. The first-order valence-corrected chi connectivity index (χ1v) is 8.79. The highest BCUT2D eigenvalue weighted by atomic mass is 16.5. The van der Waals surface area contributed by atoms with Crippen molar-refractivity contribution in [2.75, 3.05) is 12.8 Å². The molecule has 0 saturated heterocycles. The molecule has 2 unspecified atom stereocenters. The number of rotatable bonds is 3. The summed E-state index contributed by atoms with van der Waals surface area (Å²) >= 11 is 0. The maximum absolute atomic E-state index is 6.35. The number of aryl methyl sites for hydroxylation is 1. The molecular weight excluding hydrogens is 296 g/mol. The number of likely N-dealkylation sites (N-methyl/N-ethyl adjacent to an activating group) is 1. The summed E-state index contributed by atoms with van der Waals surface area (Å²) in [5.74, 6) is 1.03. The molecule has 124 valence electrons. The number of nitrogen functional groups attached to an aromatic ring is 1. The number of benzene rings is 2. The molecule has 0 radical (unpaired) electrons. The van der Waals surface area contributed by atoms with E-state index >= 15 is 0 Å². The summed E-state index contributed by atoms with van der Waals surface area (Å²) in [6.45, 7) is 2.19. The van der Waals surface area contributed by atoms with Gasteiger partial charge in [-0.15, -0.1) is 0 Å². The number of anilines is 1. The highest BCUT2D eigenvalue weighted by molar-refractivity contribution is 5.89. The fourth-order valence-corrected chi connectivity index (χ4v) is 3.90.